The standard InChI is InChI=1S/C11H20ClNO/c1-3-5-6-10(4-2)8-14-9-11(12)7-13/h10-11H,3-6,8-9H2,1-2H3. The fourth-order valence-electron chi connectivity index (χ4n) is 1.27. The minimum atomic E-state index is -0.501. The lowest BCUT2D eigenvalue weighted by molar-refractivity contribution is 0.0995. The van der Waals surface area contributed by atoms with Crippen LogP contribution >= 0.6 is 11.6 Å². The third-order valence-corrected chi connectivity index (χ3v) is 2.52. The summed E-state index contributed by atoms with van der Waals surface area (Å²) in [6.45, 7) is 5.45. The molecule has 14 heavy (non-hydrogen) atoms. The molecule has 0 amide bonds. The number of ether oxygens (including phenoxy) is 1. The third kappa shape index (κ3) is 7.17. The Balaban J connectivity index is 3.48. The minimum absolute atomic E-state index is 0.348. The maximum absolute atomic E-state index is 8.44. The van der Waals surface area contributed by atoms with Crippen molar-refractivity contribution < 1.29 is 4.74 Å². The van der Waals surface area contributed by atoms with Crippen LogP contribution in [0.4, 0.5) is 0 Å². The van der Waals surface area contributed by atoms with Crippen LogP contribution in [0.1, 0.15) is 39.5 Å². The first-order chi connectivity index (χ1) is 6.74. The molecule has 2 nitrogen and oxygen atoms in total. The molecule has 0 aliphatic rings. The van der Waals surface area contributed by atoms with Crippen LogP contribution in [-0.4, -0.2) is 18.6 Å². The van der Waals surface area contributed by atoms with E-state index in [4.69, 9.17) is 21.6 Å². The molecule has 0 saturated carbocycles. The molecule has 0 N–H and O–H groups in total. The maximum Gasteiger partial charge on any atom is 0.143 e. The number of halogens is 1. The maximum atomic E-state index is 8.44. The van der Waals surface area contributed by atoms with E-state index in [0.717, 1.165) is 13.0 Å². The van der Waals surface area contributed by atoms with Gasteiger partial charge in [0.1, 0.15) is 5.38 Å². The quantitative estimate of drug-likeness (QED) is 0.585. The molecule has 0 heterocycles. The Bertz CT molecular complexity index is 167. The number of nitriles is 1. The van der Waals surface area contributed by atoms with E-state index in [9.17, 15) is 0 Å². The van der Waals surface area contributed by atoms with E-state index >= 15 is 0 Å². The van der Waals surface area contributed by atoms with Crippen LogP contribution in [-0.2, 0) is 4.74 Å². The van der Waals surface area contributed by atoms with E-state index < -0.39 is 5.38 Å². The van der Waals surface area contributed by atoms with E-state index in [1.807, 2.05) is 6.07 Å². The van der Waals surface area contributed by atoms with Crippen molar-refractivity contribution in [3.8, 4) is 6.07 Å². The fourth-order valence-corrected chi connectivity index (χ4v) is 1.36. The lowest BCUT2D eigenvalue weighted by Crippen LogP contribution is -2.13. The van der Waals surface area contributed by atoms with Crippen LogP contribution in [0.3, 0.4) is 0 Å². The molecule has 2 atom stereocenters. The molecule has 0 aliphatic carbocycles. The Hall–Kier alpha value is -0.260. The van der Waals surface area contributed by atoms with E-state index in [2.05, 4.69) is 13.8 Å². The van der Waals surface area contributed by atoms with Crippen LogP contribution < -0.4 is 0 Å². The third-order valence-electron chi connectivity index (χ3n) is 2.30. The predicted molar refractivity (Wildman–Crippen MR) is 59.4 cm³/mol. The number of hydrogen-bond donors (Lipinski definition) is 0. The second-order valence-electron chi connectivity index (χ2n) is 3.55. The Kier molecular flexibility index (Phi) is 9.13. The van der Waals surface area contributed by atoms with Gasteiger partial charge in [-0.1, -0.05) is 33.1 Å². The number of nitrogens with zero attached hydrogens (tertiary/aromatic N) is 1. The zero-order chi connectivity index (χ0) is 10.8. The van der Waals surface area contributed by atoms with Crippen molar-refractivity contribution in [2.45, 2.75) is 44.9 Å². The summed E-state index contributed by atoms with van der Waals surface area (Å²) in [7, 11) is 0. The van der Waals surface area contributed by atoms with Crippen LogP contribution in [0.25, 0.3) is 0 Å². The van der Waals surface area contributed by atoms with Gasteiger partial charge in [0.25, 0.3) is 0 Å². The molecule has 0 saturated heterocycles. The number of alkyl halides is 1. The van der Waals surface area contributed by atoms with E-state index in [1.165, 1.54) is 19.3 Å². The van der Waals surface area contributed by atoms with Crippen molar-refractivity contribution in [1.29, 1.82) is 5.26 Å². The summed E-state index contributed by atoms with van der Waals surface area (Å²) < 4.78 is 5.38. The van der Waals surface area contributed by atoms with Crippen molar-refractivity contribution >= 4 is 11.6 Å². The molecule has 82 valence electrons. The number of hydrogen-bond acceptors (Lipinski definition) is 2. The van der Waals surface area contributed by atoms with Gasteiger partial charge in [-0.15, -0.1) is 11.6 Å². The number of unbranched alkanes of at least 4 members (excludes halogenated alkanes) is 1. The second kappa shape index (κ2) is 9.30. The van der Waals surface area contributed by atoms with Crippen LogP contribution in [0.5, 0.6) is 0 Å². The average molecular weight is 218 g/mol. The second-order valence-corrected chi connectivity index (χ2v) is 4.08. The van der Waals surface area contributed by atoms with Gasteiger partial charge in [-0.05, 0) is 12.3 Å². The summed E-state index contributed by atoms with van der Waals surface area (Å²) in [4.78, 5) is 0. The average Bonchev–Trinajstić information content (AvgIpc) is 2.22. The van der Waals surface area contributed by atoms with Gasteiger partial charge in [-0.25, -0.2) is 0 Å². The SMILES string of the molecule is CCCCC(CC)COCC(Cl)C#N. The molecule has 3 heteroatoms. The van der Waals surface area contributed by atoms with Gasteiger partial charge in [0.15, 0.2) is 0 Å². The van der Waals surface area contributed by atoms with Gasteiger partial charge in [0.05, 0.1) is 12.7 Å². The monoisotopic (exact) mass is 217 g/mol. The molecular formula is C11H20ClNO. The van der Waals surface area contributed by atoms with Gasteiger partial charge < -0.3 is 4.74 Å². The van der Waals surface area contributed by atoms with Crippen LogP contribution in [0.2, 0.25) is 0 Å². The zero-order valence-electron chi connectivity index (χ0n) is 9.13. The smallest absolute Gasteiger partial charge is 0.143 e. The van der Waals surface area contributed by atoms with Gasteiger partial charge in [0, 0.05) is 6.61 Å². The summed E-state index contributed by atoms with van der Waals surface area (Å²) in [6.07, 6.45) is 4.84. The first-order valence-electron chi connectivity index (χ1n) is 5.36. The Morgan fingerprint density at radius 2 is 2.07 bits per heavy atom. The molecule has 2 unspecified atom stereocenters. The Morgan fingerprint density at radius 3 is 2.57 bits per heavy atom. The number of rotatable bonds is 8. The molecular weight excluding hydrogens is 198 g/mol. The van der Waals surface area contributed by atoms with Gasteiger partial charge in [-0.2, -0.15) is 5.26 Å². The highest BCUT2D eigenvalue weighted by molar-refractivity contribution is 6.22. The van der Waals surface area contributed by atoms with Crippen LogP contribution in [0, 0.1) is 17.2 Å². The first-order valence-corrected chi connectivity index (χ1v) is 5.79. The highest BCUT2D eigenvalue weighted by Gasteiger charge is 2.07. The Labute approximate surface area is 92.2 Å². The van der Waals surface area contributed by atoms with E-state index in [-0.39, 0.29) is 0 Å². The summed E-state index contributed by atoms with van der Waals surface area (Å²) in [5, 5.41) is 7.94. The van der Waals surface area contributed by atoms with E-state index in [1.54, 1.807) is 0 Å². The van der Waals surface area contributed by atoms with Crippen molar-refractivity contribution in [2.75, 3.05) is 13.2 Å². The summed E-state index contributed by atoms with van der Waals surface area (Å²) >= 11 is 5.61. The predicted octanol–water partition coefficient (Wildman–Crippen LogP) is 3.35. The zero-order valence-corrected chi connectivity index (χ0v) is 9.89. The van der Waals surface area contributed by atoms with Crippen LogP contribution in [0.15, 0.2) is 0 Å². The largest absolute Gasteiger partial charge is 0.379 e. The van der Waals surface area contributed by atoms with E-state index in [0.29, 0.717) is 12.5 Å². The molecule has 0 aromatic heterocycles. The topological polar surface area (TPSA) is 33.0 Å². The summed E-state index contributed by atoms with van der Waals surface area (Å²) in [6, 6.07) is 1.94. The highest BCUT2D eigenvalue weighted by Crippen LogP contribution is 2.13. The molecule has 0 bridgehead atoms. The summed E-state index contributed by atoms with van der Waals surface area (Å²) in [5.74, 6) is 0.623. The highest BCUT2D eigenvalue weighted by atomic mass is 35.5. The molecule has 0 aromatic rings. The normalized spacial score (nSPS) is 14.7. The van der Waals surface area contributed by atoms with Crippen molar-refractivity contribution in [2.24, 2.45) is 5.92 Å². The van der Waals surface area contributed by atoms with Gasteiger partial charge in [-0.3, -0.25) is 0 Å². The fraction of sp³-hybridized carbons (Fsp3) is 0.909. The minimum Gasteiger partial charge on any atom is -0.379 e. The van der Waals surface area contributed by atoms with Crippen molar-refractivity contribution in [1.82, 2.24) is 0 Å². The van der Waals surface area contributed by atoms with Gasteiger partial charge >= 0.3 is 0 Å². The molecule has 0 fully saturated rings. The first kappa shape index (κ1) is 13.7. The van der Waals surface area contributed by atoms with Crippen molar-refractivity contribution in [3.63, 3.8) is 0 Å². The molecule has 0 aromatic carbocycles. The van der Waals surface area contributed by atoms with Gasteiger partial charge in [0.2, 0.25) is 0 Å². The van der Waals surface area contributed by atoms with Crippen molar-refractivity contribution in [3.05, 3.63) is 0 Å². The lowest BCUT2D eigenvalue weighted by atomic mass is 10.0. The summed E-state index contributed by atoms with van der Waals surface area (Å²) in [5.41, 5.74) is 0. The lowest BCUT2D eigenvalue weighted by Gasteiger charge is -2.14. The molecule has 0 radical (unpaired) electrons. The molecule has 0 spiro atoms. The Morgan fingerprint density at radius 1 is 1.36 bits per heavy atom. The molecule has 0 rings (SSSR count). The molecule has 0 aliphatic heterocycles.